The number of aliphatic hydroxyl groups is 2. The van der Waals surface area contributed by atoms with E-state index in [1.807, 2.05) is 60.9 Å². The summed E-state index contributed by atoms with van der Waals surface area (Å²) in [5.74, 6) is -3.59. The van der Waals surface area contributed by atoms with Crippen molar-refractivity contribution in [2.75, 3.05) is 26.2 Å². The van der Waals surface area contributed by atoms with Gasteiger partial charge in [0.2, 0.25) is 0 Å². The lowest BCUT2D eigenvalue weighted by atomic mass is 9.73. The summed E-state index contributed by atoms with van der Waals surface area (Å²) >= 11 is 0. The number of aromatic nitrogens is 2. The van der Waals surface area contributed by atoms with Crippen LogP contribution in [0, 0.1) is 23.7 Å². The molecule has 13 rings (SSSR count). The molecule has 6 aliphatic heterocycles. The number of halogens is 9. The van der Waals surface area contributed by atoms with E-state index >= 15 is 0 Å². The number of aliphatic carboxylic acids is 3. The Bertz CT molecular complexity index is 3600. The number of nitrogens with zero attached hydrogens (tertiary/aromatic N) is 4. The van der Waals surface area contributed by atoms with Gasteiger partial charge in [0.05, 0.1) is 43.1 Å². The van der Waals surface area contributed by atoms with Gasteiger partial charge in [-0.2, -0.15) is 39.5 Å². The number of allylic oxidation sites excluding steroid dienone is 3. The summed E-state index contributed by atoms with van der Waals surface area (Å²) in [5.41, 5.74) is -4.28. The van der Waals surface area contributed by atoms with Gasteiger partial charge in [-0.05, 0) is 153 Å². The lowest BCUT2D eigenvalue weighted by Crippen LogP contribution is -2.54. The van der Waals surface area contributed by atoms with Gasteiger partial charge in [-0.25, -0.2) is 14.4 Å². The number of hydrogen-bond donors (Lipinski definition) is 5. The van der Waals surface area contributed by atoms with Gasteiger partial charge in [0.15, 0.2) is 0 Å². The summed E-state index contributed by atoms with van der Waals surface area (Å²) in [4.78, 5) is 47.1. The number of benzene rings is 5. The molecule has 0 aliphatic carbocycles. The minimum absolute atomic E-state index is 0.111. The van der Waals surface area contributed by atoms with Crippen molar-refractivity contribution in [1.82, 2.24) is 19.8 Å². The van der Waals surface area contributed by atoms with Crippen LogP contribution in [0.3, 0.4) is 0 Å². The molecule has 0 spiro atoms. The Labute approximate surface area is 599 Å². The van der Waals surface area contributed by atoms with Crippen LogP contribution in [0.5, 0.6) is 0 Å². The van der Waals surface area contributed by atoms with Crippen LogP contribution < -0.4 is 0 Å². The topological polar surface area (TPSA) is 212 Å². The third-order valence-electron chi connectivity index (χ3n) is 19.5. The van der Waals surface area contributed by atoms with Crippen molar-refractivity contribution in [3.05, 3.63) is 255 Å². The van der Waals surface area contributed by atoms with Crippen LogP contribution in [0.2, 0.25) is 0 Å². The summed E-state index contributed by atoms with van der Waals surface area (Å²) < 4.78 is 132. The van der Waals surface area contributed by atoms with E-state index in [0.717, 1.165) is 72.0 Å². The first-order valence-corrected chi connectivity index (χ1v) is 34.1. The SMILES string of the molecule is C=CC1CN2CC[C@H]1C[C@H]2[C@H](O)c1ccnc2ccccc12.C=CC1CN2CC[C@H]1C[C@H]2[C@H](O)c1ccnc2ccccc12.C=CCCC(OCc1ccccc1)(C(=O)O)C(F)(F)F.C=CCC[C@@](OCc1ccccc1)(C(=O)O)C(F)(F)F.C=CCC[C@@](OCc1ccccc1)(C(=O)O)C(F)(F)F. The highest BCUT2D eigenvalue weighted by Crippen LogP contribution is 2.46. The molecule has 4 bridgehead atoms. The number of pyridine rings is 2. The van der Waals surface area contributed by atoms with Gasteiger partial charge >= 0.3 is 36.4 Å². The maximum Gasteiger partial charge on any atom is 0.428 e. The predicted molar refractivity (Wildman–Crippen MR) is 378 cm³/mol. The van der Waals surface area contributed by atoms with E-state index in [1.54, 1.807) is 91.0 Å². The molecular weight excluding hydrogens is 1360 g/mol. The first-order valence-electron chi connectivity index (χ1n) is 34.1. The van der Waals surface area contributed by atoms with E-state index < -0.39 is 105 Å². The third kappa shape index (κ3) is 20.3. The van der Waals surface area contributed by atoms with Gasteiger partial charge in [0, 0.05) is 48.3 Å². The minimum Gasteiger partial charge on any atom is -0.479 e. The average Bonchev–Trinajstić information content (AvgIpc) is 0.785. The van der Waals surface area contributed by atoms with Gasteiger partial charge in [0.25, 0.3) is 16.8 Å². The van der Waals surface area contributed by atoms with Crippen LogP contribution in [0.4, 0.5) is 39.5 Å². The van der Waals surface area contributed by atoms with Gasteiger partial charge in [-0.1, -0.05) is 158 Å². The zero-order valence-corrected chi connectivity index (χ0v) is 57.5. The molecule has 8 heterocycles. The number of hydrogen-bond acceptors (Lipinski definition) is 12. The highest BCUT2D eigenvalue weighted by Gasteiger charge is 2.64. The number of piperidine rings is 6. The van der Waals surface area contributed by atoms with Crippen molar-refractivity contribution in [3.63, 3.8) is 0 Å². The van der Waals surface area contributed by atoms with Crippen molar-refractivity contribution in [2.24, 2.45) is 23.7 Å². The monoisotopic (exact) mass is 1450 g/mol. The number of carboxylic acids is 3. The van der Waals surface area contributed by atoms with E-state index in [1.165, 1.54) is 31.1 Å². The Kier molecular flexibility index (Phi) is 29.9. The summed E-state index contributed by atoms with van der Waals surface area (Å²) in [7, 11) is 0. The van der Waals surface area contributed by atoms with Crippen LogP contribution in [0.25, 0.3) is 21.8 Å². The number of alkyl halides is 9. The zero-order valence-electron chi connectivity index (χ0n) is 57.5. The van der Waals surface area contributed by atoms with Gasteiger partial charge in [-0.15, -0.1) is 32.9 Å². The Morgan fingerprint density at radius 2 is 0.740 bits per heavy atom. The molecule has 6 aliphatic rings. The minimum atomic E-state index is -5.00. The highest BCUT2D eigenvalue weighted by molar-refractivity contribution is 5.83. The number of carboxylic acid groups (broad SMARTS) is 3. The first kappa shape index (κ1) is 82.4. The van der Waals surface area contributed by atoms with E-state index in [4.69, 9.17) is 29.5 Å². The maximum absolute atomic E-state index is 13.1. The molecule has 558 valence electrons. The van der Waals surface area contributed by atoms with Crippen molar-refractivity contribution < 1.29 is 93.6 Å². The molecule has 0 saturated carbocycles. The zero-order chi connectivity index (χ0) is 75.9. The Morgan fingerprint density at radius 1 is 0.452 bits per heavy atom. The molecule has 13 atom stereocenters. The number of rotatable bonds is 27. The molecule has 2 aromatic heterocycles. The summed E-state index contributed by atoms with van der Waals surface area (Å²) in [6, 6.07) is 44.9. The predicted octanol–water partition coefficient (Wildman–Crippen LogP) is 17.0. The maximum atomic E-state index is 13.1. The third-order valence-corrected chi connectivity index (χ3v) is 19.5. The van der Waals surface area contributed by atoms with Gasteiger partial charge < -0.3 is 39.7 Å². The molecule has 5 unspecified atom stereocenters. The van der Waals surface area contributed by atoms with Crippen LogP contribution in [0.15, 0.2) is 227 Å². The fraction of sp³-hybridized carbons (Fsp3) is 0.388. The number of carbonyl (C=O) groups is 3. The first-order chi connectivity index (χ1) is 49.5. The summed E-state index contributed by atoms with van der Waals surface area (Å²) in [6.07, 6.45) is -2.24. The molecule has 6 saturated heterocycles. The highest BCUT2D eigenvalue weighted by atomic mass is 19.4. The number of aliphatic hydroxyl groups excluding tert-OH is 2. The van der Waals surface area contributed by atoms with E-state index in [0.29, 0.717) is 40.4 Å². The van der Waals surface area contributed by atoms with Crippen LogP contribution in [0.1, 0.15) is 104 Å². The second-order valence-corrected chi connectivity index (χ2v) is 25.9. The Hall–Kier alpha value is -8.88. The molecule has 7 aromatic rings. The second kappa shape index (κ2) is 37.7. The van der Waals surface area contributed by atoms with E-state index in [2.05, 4.69) is 76.9 Å². The number of ether oxygens (including phenoxy) is 3. The molecule has 5 aromatic carbocycles. The van der Waals surface area contributed by atoms with E-state index in [-0.39, 0.29) is 31.3 Å². The molecule has 15 nitrogen and oxygen atoms in total. The van der Waals surface area contributed by atoms with Crippen molar-refractivity contribution in [1.29, 1.82) is 0 Å². The average molecular weight is 1450 g/mol. The molecule has 104 heavy (non-hydrogen) atoms. The van der Waals surface area contributed by atoms with Crippen LogP contribution in [-0.4, -0.2) is 137 Å². The van der Waals surface area contributed by atoms with Crippen molar-refractivity contribution in [2.45, 2.75) is 144 Å². The summed E-state index contributed by atoms with van der Waals surface area (Å²) in [5, 5.41) is 51.2. The molecular formula is C80H89F9N4O11. The standard InChI is InChI=1S/2C19H22N2O.3C14H15F3O3/c2*1-2-13-12-21-10-8-14(13)11-18(21)19(22)16-7-9-20-17-6-4-3-5-15(16)17;3*1-2-3-9-13(12(18)19,14(15,16)17)20-10-11-7-5-4-6-8-11/h2*2-7,9,13-14,18-19,22H,1,8,10-12H2;3*2,4-8H,1,3,9-10H2,(H,18,19)/t2*13?,14-,18-,19+;2*13-;/m0011./s1. The normalized spacial score (nSPS) is 22.0. The Balaban J connectivity index is 0.000000182. The fourth-order valence-corrected chi connectivity index (χ4v) is 13.6. The smallest absolute Gasteiger partial charge is 0.428 e. The molecule has 5 N–H and O–H groups in total. The van der Waals surface area contributed by atoms with Gasteiger partial charge in [-0.3, -0.25) is 19.8 Å². The summed E-state index contributed by atoms with van der Waals surface area (Å²) in [6.45, 7) is 20.9. The van der Waals surface area contributed by atoms with Crippen molar-refractivity contribution >= 4 is 39.7 Å². The largest absolute Gasteiger partial charge is 0.479 e. The van der Waals surface area contributed by atoms with Crippen LogP contribution in [-0.2, 0) is 48.4 Å². The molecule has 0 radical (unpaired) electrons. The number of fused-ring (bicyclic) bond motifs is 8. The van der Waals surface area contributed by atoms with Gasteiger partial charge in [0.1, 0.15) is 0 Å². The van der Waals surface area contributed by atoms with Crippen molar-refractivity contribution in [3.8, 4) is 0 Å². The molecule has 6 fully saturated rings. The fourth-order valence-electron chi connectivity index (χ4n) is 13.6. The Morgan fingerprint density at radius 3 is 0.990 bits per heavy atom. The molecule has 0 amide bonds. The second-order valence-electron chi connectivity index (χ2n) is 25.9. The van der Waals surface area contributed by atoms with Crippen LogP contribution >= 0.6 is 0 Å². The number of para-hydroxylation sites is 2. The molecule has 24 heteroatoms. The quantitative estimate of drug-likeness (QED) is 0.0239. The lowest BCUT2D eigenvalue weighted by molar-refractivity contribution is -0.281. The lowest BCUT2D eigenvalue weighted by Gasteiger charge is -2.50. The van der Waals surface area contributed by atoms with E-state index in [9.17, 15) is 64.1 Å².